The van der Waals surface area contributed by atoms with Gasteiger partial charge in [-0.05, 0) is 0 Å². The molecule has 1 atom stereocenters. The number of nitrogens with zero attached hydrogens (tertiary/aromatic N) is 1. The molecule has 1 unspecified atom stereocenters. The smallest absolute Gasteiger partial charge is 0.265 e. The Morgan fingerprint density at radius 2 is 2.40 bits per heavy atom. The van der Waals surface area contributed by atoms with Crippen LogP contribution < -0.4 is 10.1 Å². The summed E-state index contributed by atoms with van der Waals surface area (Å²) < 4.78 is 5.42. The quantitative estimate of drug-likeness (QED) is 0.642. The molecule has 1 aliphatic rings. The fourth-order valence-electron chi connectivity index (χ4n) is 1.32. The standard InChI is InChI=1S/C9H8Cl2N2O2/c10-2-1-6-9(14)13-5-3-8(11)12-4-7(5)15-6/h3-4,6H,1-2H2,(H,13,14). The number of halogens is 2. The number of anilines is 1. The van der Waals surface area contributed by atoms with Crippen LogP contribution in [0, 0.1) is 0 Å². The van der Waals surface area contributed by atoms with Crippen LogP contribution in [-0.4, -0.2) is 22.9 Å². The summed E-state index contributed by atoms with van der Waals surface area (Å²) >= 11 is 11.2. The second-order valence-electron chi connectivity index (χ2n) is 3.08. The van der Waals surface area contributed by atoms with Gasteiger partial charge in [0.05, 0.1) is 11.9 Å². The van der Waals surface area contributed by atoms with E-state index in [0.717, 1.165) is 0 Å². The SMILES string of the molecule is O=C1Nc2cc(Cl)ncc2OC1CCCl. The average Bonchev–Trinajstić information content (AvgIpc) is 2.20. The normalized spacial score (nSPS) is 19.1. The summed E-state index contributed by atoms with van der Waals surface area (Å²) in [5.41, 5.74) is 0.547. The third-order valence-corrected chi connectivity index (χ3v) is 2.45. The molecule has 6 heteroatoms. The largest absolute Gasteiger partial charge is 0.477 e. The summed E-state index contributed by atoms with van der Waals surface area (Å²) in [6, 6.07) is 1.55. The van der Waals surface area contributed by atoms with E-state index in [2.05, 4.69) is 10.3 Å². The molecule has 15 heavy (non-hydrogen) atoms. The van der Waals surface area contributed by atoms with Crippen LogP contribution in [0.2, 0.25) is 5.15 Å². The van der Waals surface area contributed by atoms with Gasteiger partial charge in [0.2, 0.25) is 0 Å². The molecule has 1 aromatic rings. The van der Waals surface area contributed by atoms with Gasteiger partial charge in [-0.15, -0.1) is 11.6 Å². The lowest BCUT2D eigenvalue weighted by atomic mass is 10.2. The Morgan fingerprint density at radius 1 is 1.60 bits per heavy atom. The number of carbonyl (C=O) groups excluding carboxylic acids is 1. The lowest BCUT2D eigenvalue weighted by Gasteiger charge is -2.24. The number of aromatic nitrogens is 1. The maximum Gasteiger partial charge on any atom is 0.265 e. The van der Waals surface area contributed by atoms with E-state index >= 15 is 0 Å². The number of ether oxygens (including phenoxy) is 1. The van der Waals surface area contributed by atoms with Crippen LogP contribution in [0.15, 0.2) is 12.3 Å². The molecule has 0 saturated carbocycles. The molecule has 1 aromatic heterocycles. The van der Waals surface area contributed by atoms with Crippen molar-refractivity contribution in [1.29, 1.82) is 0 Å². The second kappa shape index (κ2) is 4.24. The molecule has 0 saturated heterocycles. The molecule has 0 spiro atoms. The van der Waals surface area contributed by atoms with Crippen LogP contribution in [0.1, 0.15) is 6.42 Å². The third kappa shape index (κ3) is 2.16. The molecule has 2 heterocycles. The van der Waals surface area contributed by atoms with Gasteiger partial charge in [0.1, 0.15) is 5.15 Å². The predicted octanol–water partition coefficient (Wildman–Crippen LogP) is 2.06. The third-order valence-electron chi connectivity index (χ3n) is 2.02. The fraction of sp³-hybridized carbons (Fsp3) is 0.333. The van der Waals surface area contributed by atoms with Crippen molar-refractivity contribution in [3.8, 4) is 5.75 Å². The second-order valence-corrected chi connectivity index (χ2v) is 3.84. The molecule has 0 fully saturated rings. The monoisotopic (exact) mass is 246 g/mol. The van der Waals surface area contributed by atoms with Crippen molar-refractivity contribution < 1.29 is 9.53 Å². The molecular weight excluding hydrogens is 239 g/mol. The van der Waals surface area contributed by atoms with Gasteiger partial charge in [-0.2, -0.15) is 0 Å². The number of amides is 1. The number of carbonyl (C=O) groups is 1. The Balaban J connectivity index is 2.26. The van der Waals surface area contributed by atoms with Crippen molar-refractivity contribution in [2.75, 3.05) is 11.2 Å². The van der Waals surface area contributed by atoms with Gasteiger partial charge in [-0.3, -0.25) is 4.79 Å². The average molecular weight is 247 g/mol. The summed E-state index contributed by atoms with van der Waals surface area (Å²) in [6.07, 6.45) is 1.41. The molecule has 80 valence electrons. The van der Waals surface area contributed by atoms with Crippen LogP contribution in [-0.2, 0) is 4.79 Å². The summed E-state index contributed by atoms with van der Waals surface area (Å²) in [6.45, 7) is 0. The highest BCUT2D eigenvalue weighted by Crippen LogP contribution is 2.31. The summed E-state index contributed by atoms with van der Waals surface area (Å²) in [5.74, 6) is 0.688. The lowest BCUT2D eigenvalue weighted by molar-refractivity contribution is -0.123. The summed E-state index contributed by atoms with van der Waals surface area (Å²) in [5, 5.41) is 3.00. The van der Waals surface area contributed by atoms with Crippen LogP contribution >= 0.6 is 23.2 Å². The first-order chi connectivity index (χ1) is 7.20. The molecular formula is C9H8Cl2N2O2. The van der Waals surface area contributed by atoms with E-state index in [1.807, 2.05) is 0 Å². The van der Waals surface area contributed by atoms with Gasteiger partial charge in [-0.1, -0.05) is 11.6 Å². The van der Waals surface area contributed by atoms with Crippen molar-refractivity contribution in [1.82, 2.24) is 4.98 Å². The van der Waals surface area contributed by atoms with Crippen molar-refractivity contribution in [3.05, 3.63) is 17.4 Å². The molecule has 1 N–H and O–H groups in total. The van der Waals surface area contributed by atoms with E-state index in [4.69, 9.17) is 27.9 Å². The molecule has 1 amide bonds. The van der Waals surface area contributed by atoms with Crippen LogP contribution in [0.25, 0.3) is 0 Å². The molecule has 0 bridgehead atoms. The van der Waals surface area contributed by atoms with E-state index in [0.29, 0.717) is 28.9 Å². The van der Waals surface area contributed by atoms with Crippen LogP contribution in [0.3, 0.4) is 0 Å². The Labute approximate surface area is 96.5 Å². The van der Waals surface area contributed by atoms with E-state index < -0.39 is 6.10 Å². The van der Waals surface area contributed by atoms with E-state index in [1.165, 1.54) is 6.20 Å². The first-order valence-electron chi connectivity index (χ1n) is 4.39. The molecule has 0 aliphatic carbocycles. The van der Waals surface area contributed by atoms with E-state index in [-0.39, 0.29) is 5.91 Å². The Hall–Kier alpha value is -1.00. The van der Waals surface area contributed by atoms with Gasteiger partial charge in [0.25, 0.3) is 5.91 Å². The molecule has 0 radical (unpaired) electrons. The maximum atomic E-state index is 11.5. The predicted molar refractivity (Wildman–Crippen MR) is 57.6 cm³/mol. The highest BCUT2D eigenvalue weighted by atomic mass is 35.5. The Bertz CT molecular complexity index is 398. The van der Waals surface area contributed by atoms with Gasteiger partial charge in [-0.25, -0.2) is 4.98 Å². The fourth-order valence-corrected chi connectivity index (χ4v) is 1.67. The molecule has 4 nitrogen and oxygen atoms in total. The number of fused-ring (bicyclic) bond motifs is 1. The minimum atomic E-state index is -0.544. The van der Waals surface area contributed by atoms with E-state index in [1.54, 1.807) is 6.07 Å². The van der Waals surface area contributed by atoms with Crippen molar-refractivity contribution >= 4 is 34.8 Å². The van der Waals surface area contributed by atoms with E-state index in [9.17, 15) is 4.79 Å². The van der Waals surface area contributed by atoms with Crippen LogP contribution in [0.5, 0.6) is 5.75 Å². The number of nitrogens with one attached hydrogen (secondary N) is 1. The number of rotatable bonds is 2. The molecule has 1 aliphatic heterocycles. The zero-order valence-corrected chi connectivity index (χ0v) is 9.18. The molecule has 0 aromatic carbocycles. The summed E-state index contributed by atoms with van der Waals surface area (Å²) in [4.78, 5) is 15.4. The molecule has 2 rings (SSSR count). The van der Waals surface area contributed by atoms with Crippen molar-refractivity contribution in [2.24, 2.45) is 0 Å². The topological polar surface area (TPSA) is 51.2 Å². The van der Waals surface area contributed by atoms with Crippen LogP contribution in [0.4, 0.5) is 5.69 Å². The number of alkyl halides is 1. The lowest BCUT2D eigenvalue weighted by Crippen LogP contribution is -2.37. The number of hydrogen-bond acceptors (Lipinski definition) is 3. The number of pyridine rings is 1. The van der Waals surface area contributed by atoms with Gasteiger partial charge >= 0.3 is 0 Å². The van der Waals surface area contributed by atoms with Gasteiger partial charge in [0, 0.05) is 18.4 Å². The zero-order valence-electron chi connectivity index (χ0n) is 7.67. The Morgan fingerprint density at radius 3 is 3.13 bits per heavy atom. The first kappa shape index (κ1) is 10.5. The zero-order chi connectivity index (χ0) is 10.8. The minimum absolute atomic E-state index is 0.203. The van der Waals surface area contributed by atoms with Crippen molar-refractivity contribution in [3.63, 3.8) is 0 Å². The summed E-state index contributed by atoms with van der Waals surface area (Å²) in [7, 11) is 0. The first-order valence-corrected chi connectivity index (χ1v) is 5.31. The van der Waals surface area contributed by atoms with Gasteiger partial charge < -0.3 is 10.1 Å². The maximum absolute atomic E-state index is 11.5. The van der Waals surface area contributed by atoms with Gasteiger partial charge in [0.15, 0.2) is 11.9 Å². The Kier molecular flexibility index (Phi) is 2.98. The minimum Gasteiger partial charge on any atom is -0.477 e. The number of hydrogen-bond donors (Lipinski definition) is 1. The highest BCUT2D eigenvalue weighted by molar-refractivity contribution is 6.29. The van der Waals surface area contributed by atoms with Crippen molar-refractivity contribution in [2.45, 2.75) is 12.5 Å². The highest BCUT2D eigenvalue weighted by Gasteiger charge is 2.27.